The first-order valence-electron chi connectivity index (χ1n) is 6.40. The summed E-state index contributed by atoms with van der Waals surface area (Å²) in [5.74, 6) is -0.389. The van der Waals surface area contributed by atoms with E-state index in [2.05, 4.69) is 5.32 Å². The second kappa shape index (κ2) is 6.90. The SMILES string of the molecule is COc1ccc(C(=O)N2C[C@@H](C)N[C@H](C)C2)c(F)c1.Cl. The Labute approximate surface area is 124 Å². The Balaban J connectivity index is 0.00000200. The predicted octanol–water partition coefficient (Wildman–Crippen LogP) is 2.08. The van der Waals surface area contributed by atoms with Gasteiger partial charge in [0.1, 0.15) is 11.6 Å². The van der Waals surface area contributed by atoms with Crippen LogP contribution in [-0.2, 0) is 0 Å². The van der Waals surface area contributed by atoms with E-state index in [4.69, 9.17) is 4.74 Å². The highest BCUT2D eigenvalue weighted by atomic mass is 35.5. The number of carbonyl (C=O) groups excluding carboxylic acids is 1. The number of rotatable bonds is 2. The van der Waals surface area contributed by atoms with Gasteiger partial charge in [-0.25, -0.2) is 4.39 Å². The van der Waals surface area contributed by atoms with Crippen LogP contribution in [-0.4, -0.2) is 43.1 Å². The van der Waals surface area contributed by atoms with Gasteiger partial charge in [0.2, 0.25) is 0 Å². The first-order valence-corrected chi connectivity index (χ1v) is 6.40. The van der Waals surface area contributed by atoms with Gasteiger partial charge in [0.05, 0.1) is 12.7 Å². The van der Waals surface area contributed by atoms with E-state index in [1.54, 1.807) is 11.0 Å². The number of hydrogen-bond acceptors (Lipinski definition) is 3. The number of piperazine rings is 1. The van der Waals surface area contributed by atoms with Gasteiger partial charge < -0.3 is 15.0 Å². The lowest BCUT2D eigenvalue weighted by Gasteiger charge is -2.36. The Hall–Kier alpha value is -1.33. The fraction of sp³-hybridized carbons (Fsp3) is 0.500. The molecule has 0 spiro atoms. The Morgan fingerprint density at radius 3 is 2.45 bits per heavy atom. The van der Waals surface area contributed by atoms with Crippen LogP contribution < -0.4 is 10.1 Å². The fourth-order valence-electron chi connectivity index (χ4n) is 2.46. The van der Waals surface area contributed by atoms with Crippen LogP contribution in [0.4, 0.5) is 4.39 Å². The zero-order chi connectivity index (χ0) is 14.0. The molecule has 6 heteroatoms. The first-order chi connectivity index (χ1) is 9.01. The number of ether oxygens (including phenoxy) is 1. The number of methoxy groups -OCH3 is 1. The minimum atomic E-state index is -0.539. The van der Waals surface area contributed by atoms with E-state index in [0.29, 0.717) is 18.8 Å². The van der Waals surface area contributed by atoms with E-state index in [-0.39, 0.29) is 36.0 Å². The van der Waals surface area contributed by atoms with Gasteiger partial charge in [0.15, 0.2) is 0 Å². The summed E-state index contributed by atoms with van der Waals surface area (Å²) in [6, 6.07) is 4.75. The number of amides is 1. The molecule has 20 heavy (non-hydrogen) atoms. The monoisotopic (exact) mass is 302 g/mol. The minimum absolute atomic E-state index is 0. The Bertz CT molecular complexity index is 474. The average molecular weight is 303 g/mol. The molecule has 2 atom stereocenters. The molecule has 1 N–H and O–H groups in total. The third-order valence-corrected chi connectivity index (χ3v) is 3.25. The number of nitrogens with zero attached hydrogens (tertiary/aromatic N) is 1. The van der Waals surface area contributed by atoms with Gasteiger partial charge in [0.25, 0.3) is 5.91 Å². The van der Waals surface area contributed by atoms with Crippen LogP contribution in [0.5, 0.6) is 5.75 Å². The molecule has 1 fully saturated rings. The molecular weight excluding hydrogens is 283 g/mol. The van der Waals surface area contributed by atoms with Crippen molar-refractivity contribution in [1.29, 1.82) is 0 Å². The van der Waals surface area contributed by atoms with Crippen molar-refractivity contribution in [2.45, 2.75) is 25.9 Å². The second-order valence-corrected chi connectivity index (χ2v) is 5.02. The Morgan fingerprint density at radius 2 is 1.95 bits per heavy atom. The molecule has 2 rings (SSSR count). The largest absolute Gasteiger partial charge is 0.497 e. The number of halogens is 2. The summed E-state index contributed by atoms with van der Waals surface area (Å²) in [5.41, 5.74) is 0.0992. The molecule has 0 radical (unpaired) electrons. The number of benzene rings is 1. The fourth-order valence-corrected chi connectivity index (χ4v) is 2.46. The molecule has 0 unspecified atom stereocenters. The zero-order valence-corrected chi connectivity index (χ0v) is 12.7. The summed E-state index contributed by atoms with van der Waals surface area (Å²) in [6.45, 7) is 5.21. The predicted molar refractivity (Wildman–Crippen MR) is 78.2 cm³/mol. The lowest BCUT2D eigenvalue weighted by atomic mass is 10.1. The van der Waals surface area contributed by atoms with Crippen LogP contribution in [0, 0.1) is 5.82 Å². The quantitative estimate of drug-likeness (QED) is 0.909. The van der Waals surface area contributed by atoms with Crippen molar-refractivity contribution < 1.29 is 13.9 Å². The third kappa shape index (κ3) is 3.61. The maximum absolute atomic E-state index is 13.9. The van der Waals surface area contributed by atoms with Crippen LogP contribution in [0.1, 0.15) is 24.2 Å². The van der Waals surface area contributed by atoms with Gasteiger partial charge in [0, 0.05) is 31.2 Å². The van der Waals surface area contributed by atoms with Crippen LogP contribution in [0.3, 0.4) is 0 Å². The highest BCUT2D eigenvalue weighted by molar-refractivity contribution is 5.94. The van der Waals surface area contributed by atoms with E-state index in [1.165, 1.54) is 19.2 Å². The number of nitrogens with one attached hydrogen (secondary N) is 1. The van der Waals surface area contributed by atoms with Gasteiger partial charge in [-0.3, -0.25) is 4.79 Å². The van der Waals surface area contributed by atoms with Gasteiger partial charge in [-0.2, -0.15) is 0 Å². The maximum Gasteiger partial charge on any atom is 0.256 e. The Morgan fingerprint density at radius 1 is 1.35 bits per heavy atom. The lowest BCUT2D eigenvalue weighted by Crippen LogP contribution is -2.55. The van der Waals surface area contributed by atoms with Gasteiger partial charge in [-0.05, 0) is 26.0 Å². The van der Waals surface area contributed by atoms with Crippen LogP contribution in [0.15, 0.2) is 18.2 Å². The van der Waals surface area contributed by atoms with Crippen LogP contribution >= 0.6 is 12.4 Å². The molecule has 0 aromatic heterocycles. The van der Waals surface area contributed by atoms with Crippen molar-refractivity contribution >= 4 is 18.3 Å². The third-order valence-electron chi connectivity index (χ3n) is 3.25. The Kier molecular flexibility index (Phi) is 5.77. The molecule has 1 aromatic rings. The summed E-state index contributed by atoms with van der Waals surface area (Å²) in [5, 5.41) is 3.34. The minimum Gasteiger partial charge on any atom is -0.497 e. The van der Waals surface area contributed by atoms with Crippen LogP contribution in [0.25, 0.3) is 0 Å². The molecule has 1 amide bonds. The van der Waals surface area contributed by atoms with Gasteiger partial charge in [-0.1, -0.05) is 0 Å². The van der Waals surface area contributed by atoms with Crippen molar-refractivity contribution in [1.82, 2.24) is 10.2 Å². The van der Waals surface area contributed by atoms with Crippen molar-refractivity contribution in [3.8, 4) is 5.75 Å². The number of hydrogen-bond donors (Lipinski definition) is 1. The molecular formula is C14H20ClFN2O2. The molecule has 1 aromatic carbocycles. The smallest absolute Gasteiger partial charge is 0.256 e. The van der Waals surface area contributed by atoms with Crippen molar-refractivity contribution in [2.75, 3.05) is 20.2 Å². The summed E-state index contributed by atoms with van der Waals surface area (Å²) >= 11 is 0. The van der Waals surface area contributed by atoms with Crippen LogP contribution in [0.2, 0.25) is 0 Å². The standard InChI is InChI=1S/C14H19FN2O2.ClH/c1-9-7-17(8-10(2)16-9)14(18)12-5-4-11(19-3)6-13(12)15;/h4-6,9-10,16H,7-8H2,1-3H3;1H/t9-,10-;/m1./s1. The molecule has 0 saturated carbocycles. The summed E-state index contributed by atoms with van der Waals surface area (Å²) in [4.78, 5) is 14.0. The molecule has 1 aliphatic heterocycles. The van der Waals surface area contributed by atoms with Crippen molar-refractivity contribution in [3.63, 3.8) is 0 Å². The maximum atomic E-state index is 13.9. The lowest BCUT2D eigenvalue weighted by molar-refractivity contribution is 0.0669. The molecule has 112 valence electrons. The second-order valence-electron chi connectivity index (χ2n) is 5.02. The molecule has 1 aliphatic rings. The summed E-state index contributed by atoms with van der Waals surface area (Å²) < 4.78 is 18.8. The average Bonchev–Trinajstić information content (AvgIpc) is 2.36. The zero-order valence-electron chi connectivity index (χ0n) is 11.9. The molecule has 1 saturated heterocycles. The molecule has 4 nitrogen and oxygen atoms in total. The van der Waals surface area contributed by atoms with E-state index in [9.17, 15) is 9.18 Å². The molecule has 0 aliphatic carbocycles. The summed E-state index contributed by atoms with van der Waals surface area (Å²) in [7, 11) is 1.47. The number of carbonyl (C=O) groups is 1. The van der Waals surface area contributed by atoms with Crippen molar-refractivity contribution in [2.24, 2.45) is 0 Å². The van der Waals surface area contributed by atoms with Gasteiger partial charge >= 0.3 is 0 Å². The topological polar surface area (TPSA) is 41.6 Å². The first kappa shape index (κ1) is 16.7. The molecule has 0 bridgehead atoms. The van der Waals surface area contributed by atoms with E-state index >= 15 is 0 Å². The molecule has 1 heterocycles. The van der Waals surface area contributed by atoms with E-state index in [0.717, 1.165) is 0 Å². The van der Waals surface area contributed by atoms with E-state index in [1.807, 2.05) is 13.8 Å². The van der Waals surface area contributed by atoms with Gasteiger partial charge in [-0.15, -0.1) is 12.4 Å². The highest BCUT2D eigenvalue weighted by Crippen LogP contribution is 2.19. The summed E-state index contributed by atoms with van der Waals surface area (Å²) in [6.07, 6.45) is 0. The van der Waals surface area contributed by atoms with Crippen molar-refractivity contribution in [3.05, 3.63) is 29.6 Å². The normalized spacial score (nSPS) is 22.1. The highest BCUT2D eigenvalue weighted by Gasteiger charge is 2.27. The van der Waals surface area contributed by atoms with E-state index < -0.39 is 5.82 Å².